The van der Waals surface area contributed by atoms with Gasteiger partial charge >= 0.3 is 6.09 Å². The van der Waals surface area contributed by atoms with Gasteiger partial charge in [0.05, 0.1) is 5.54 Å². The van der Waals surface area contributed by atoms with Gasteiger partial charge in [0.1, 0.15) is 16.9 Å². The number of hydrogen-bond donors (Lipinski definition) is 3. The SMILES string of the molecule is CC(C)(C)OC(=O)NCCC(=O)Nc1ncc2cc3n(c2n1)C1(CCCCC1)CNC3=O. The standard InChI is InChI=1S/C22H30N6O4/c1-21(2,3)32-20(31)23-10-7-16(29)26-19-24-12-14-11-15-18(30)25-13-22(8-5-4-6-9-22)28(15)17(14)27-19/h11-12H,4-10,13H2,1-3H3,(H,23,31)(H,25,30)(H,24,26,27,29). The van der Waals surface area contributed by atoms with Gasteiger partial charge in [-0.1, -0.05) is 19.3 Å². The second-order valence-corrected chi connectivity index (χ2v) is 9.53. The van der Waals surface area contributed by atoms with Gasteiger partial charge in [0.25, 0.3) is 5.91 Å². The Labute approximate surface area is 186 Å². The molecule has 0 atom stereocenters. The van der Waals surface area contributed by atoms with E-state index in [1.165, 1.54) is 6.42 Å². The summed E-state index contributed by atoms with van der Waals surface area (Å²) >= 11 is 0. The molecule has 2 aromatic heterocycles. The van der Waals surface area contributed by atoms with E-state index in [-0.39, 0.29) is 36.3 Å². The van der Waals surface area contributed by atoms with E-state index in [0.29, 0.717) is 17.9 Å². The first-order valence-corrected chi connectivity index (χ1v) is 11.1. The van der Waals surface area contributed by atoms with E-state index in [2.05, 4.69) is 30.5 Å². The van der Waals surface area contributed by atoms with Gasteiger partial charge in [-0.2, -0.15) is 4.98 Å². The van der Waals surface area contributed by atoms with Crippen LogP contribution in [0.15, 0.2) is 12.3 Å². The molecule has 0 unspecified atom stereocenters. The number of anilines is 1. The fourth-order valence-corrected chi connectivity index (χ4v) is 4.50. The number of nitrogens with one attached hydrogen (secondary N) is 3. The lowest BCUT2D eigenvalue weighted by Gasteiger charge is -2.42. The largest absolute Gasteiger partial charge is 0.444 e. The molecule has 3 heterocycles. The molecule has 2 aliphatic rings. The molecule has 0 saturated heterocycles. The van der Waals surface area contributed by atoms with Crippen LogP contribution in [0.3, 0.4) is 0 Å². The normalized spacial score (nSPS) is 17.5. The lowest BCUT2D eigenvalue weighted by atomic mass is 9.80. The smallest absolute Gasteiger partial charge is 0.407 e. The molecule has 1 aliphatic heterocycles. The number of carbonyl (C=O) groups excluding carboxylic acids is 3. The molecule has 10 nitrogen and oxygen atoms in total. The molecule has 1 saturated carbocycles. The number of aromatic nitrogens is 3. The van der Waals surface area contributed by atoms with Crippen LogP contribution >= 0.6 is 0 Å². The molecule has 1 fully saturated rings. The number of nitrogens with zero attached hydrogens (tertiary/aromatic N) is 3. The molecule has 172 valence electrons. The highest BCUT2D eigenvalue weighted by molar-refractivity contribution is 5.99. The average Bonchev–Trinajstić information content (AvgIpc) is 3.11. The first kappa shape index (κ1) is 22.0. The van der Waals surface area contributed by atoms with Gasteiger partial charge in [-0.15, -0.1) is 0 Å². The van der Waals surface area contributed by atoms with Crippen molar-refractivity contribution in [3.63, 3.8) is 0 Å². The van der Waals surface area contributed by atoms with Crippen LogP contribution in [-0.2, 0) is 15.1 Å². The number of ether oxygens (including phenoxy) is 1. The molecule has 3 N–H and O–H groups in total. The number of hydrogen-bond acceptors (Lipinski definition) is 6. The number of fused-ring (bicyclic) bond motifs is 4. The van der Waals surface area contributed by atoms with Crippen LogP contribution in [0.25, 0.3) is 11.0 Å². The fraction of sp³-hybridized carbons (Fsp3) is 0.591. The molecule has 1 aliphatic carbocycles. The Morgan fingerprint density at radius 3 is 2.72 bits per heavy atom. The highest BCUT2D eigenvalue weighted by atomic mass is 16.6. The summed E-state index contributed by atoms with van der Waals surface area (Å²) in [6, 6.07) is 1.82. The van der Waals surface area contributed by atoms with Gasteiger partial charge in [0.2, 0.25) is 11.9 Å². The van der Waals surface area contributed by atoms with E-state index >= 15 is 0 Å². The molecular formula is C22H30N6O4. The zero-order valence-electron chi connectivity index (χ0n) is 18.8. The lowest BCUT2D eigenvalue weighted by molar-refractivity contribution is -0.116. The van der Waals surface area contributed by atoms with Gasteiger partial charge in [-0.3, -0.25) is 14.9 Å². The Morgan fingerprint density at radius 1 is 1.25 bits per heavy atom. The highest BCUT2D eigenvalue weighted by Gasteiger charge is 2.41. The van der Waals surface area contributed by atoms with Gasteiger partial charge in [-0.25, -0.2) is 9.78 Å². The first-order valence-electron chi connectivity index (χ1n) is 11.1. The summed E-state index contributed by atoms with van der Waals surface area (Å²) < 4.78 is 7.21. The Kier molecular flexibility index (Phi) is 5.79. The summed E-state index contributed by atoms with van der Waals surface area (Å²) in [6.07, 6.45) is 6.48. The van der Waals surface area contributed by atoms with Crippen molar-refractivity contribution in [1.82, 2.24) is 25.2 Å². The monoisotopic (exact) mass is 442 g/mol. The van der Waals surface area contributed by atoms with Crippen LogP contribution in [0.4, 0.5) is 10.7 Å². The minimum Gasteiger partial charge on any atom is -0.444 e. The quantitative estimate of drug-likeness (QED) is 0.668. The van der Waals surface area contributed by atoms with Crippen LogP contribution in [0, 0.1) is 0 Å². The van der Waals surface area contributed by atoms with Crippen molar-refractivity contribution >= 4 is 34.9 Å². The molecule has 3 amide bonds. The molecule has 2 aromatic rings. The number of carbonyl (C=O) groups is 3. The van der Waals surface area contributed by atoms with Crippen LogP contribution in [-0.4, -0.2) is 51.1 Å². The molecule has 32 heavy (non-hydrogen) atoms. The molecule has 0 bridgehead atoms. The van der Waals surface area contributed by atoms with Crippen molar-refractivity contribution < 1.29 is 19.1 Å². The Hall–Kier alpha value is -3.17. The highest BCUT2D eigenvalue weighted by Crippen LogP contribution is 2.40. The second-order valence-electron chi connectivity index (χ2n) is 9.53. The molecule has 1 spiro atoms. The molecule has 0 aromatic carbocycles. The number of alkyl carbamates (subject to hydrolysis) is 1. The minimum atomic E-state index is -0.599. The summed E-state index contributed by atoms with van der Waals surface area (Å²) in [5.74, 6) is -0.258. The van der Waals surface area contributed by atoms with Crippen molar-refractivity contribution in [1.29, 1.82) is 0 Å². The Bertz CT molecular complexity index is 1050. The predicted octanol–water partition coefficient (Wildman–Crippen LogP) is 2.69. The van der Waals surface area contributed by atoms with E-state index in [1.54, 1.807) is 27.0 Å². The van der Waals surface area contributed by atoms with Crippen molar-refractivity contribution in [2.24, 2.45) is 0 Å². The third-order valence-electron chi connectivity index (χ3n) is 5.88. The van der Waals surface area contributed by atoms with E-state index in [0.717, 1.165) is 31.1 Å². The zero-order chi connectivity index (χ0) is 22.9. The van der Waals surface area contributed by atoms with Gasteiger partial charge in [0.15, 0.2) is 0 Å². The van der Waals surface area contributed by atoms with Crippen molar-refractivity contribution in [3.8, 4) is 0 Å². The van der Waals surface area contributed by atoms with E-state index < -0.39 is 11.7 Å². The summed E-state index contributed by atoms with van der Waals surface area (Å²) in [4.78, 5) is 45.4. The maximum atomic E-state index is 12.5. The minimum absolute atomic E-state index is 0.0548. The van der Waals surface area contributed by atoms with Crippen LogP contribution in [0.1, 0.15) is 69.8 Å². The number of rotatable bonds is 4. The fourth-order valence-electron chi connectivity index (χ4n) is 4.50. The van der Waals surface area contributed by atoms with Gasteiger partial charge in [-0.05, 0) is 39.7 Å². The molecule has 4 rings (SSSR count). The van der Waals surface area contributed by atoms with Gasteiger partial charge < -0.3 is 19.9 Å². The third-order valence-corrected chi connectivity index (χ3v) is 5.88. The summed E-state index contributed by atoms with van der Waals surface area (Å²) in [5.41, 5.74) is 0.468. The van der Waals surface area contributed by atoms with Crippen LogP contribution in [0.2, 0.25) is 0 Å². The topological polar surface area (TPSA) is 127 Å². The van der Waals surface area contributed by atoms with E-state index in [9.17, 15) is 14.4 Å². The van der Waals surface area contributed by atoms with Crippen molar-refractivity contribution in [2.45, 2.75) is 70.4 Å². The first-order chi connectivity index (χ1) is 15.2. The van der Waals surface area contributed by atoms with E-state index in [1.807, 2.05) is 6.07 Å². The van der Waals surface area contributed by atoms with Crippen molar-refractivity contribution in [3.05, 3.63) is 18.0 Å². The maximum Gasteiger partial charge on any atom is 0.407 e. The molecule has 0 radical (unpaired) electrons. The van der Waals surface area contributed by atoms with Crippen LogP contribution in [0.5, 0.6) is 0 Å². The summed E-state index contributed by atoms with van der Waals surface area (Å²) in [5, 5.41) is 9.04. The summed E-state index contributed by atoms with van der Waals surface area (Å²) in [7, 11) is 0. The zero-order valence-corrected chi connectivity index (χ0v) is 18.8. The van der Waals surface area contributed by atoms with Crippen LogP contribution < -0.4 is 16.0 Å². The lowest BCUT2D eigenvalue weighted by Crippen LogP contribution is -2.52. The third kappa shape index (κ3) is 4.53. The number of amides is 3. The Morgan fingerprint density at radius 2 is 2.00 bits per heavy atom. The maximum absolute atomic E-state index is 12.5. The molecular weight excluding hydrogens is 412 g/mol. The second kappa shape index (κ2) is 8.40. The summed E-state index contributed by atoms with van der Waals surface area (Å²) in [6.45, 7) is 6.04. The van der Waals surface area contributed by atoms with E-state index in [4.69, 9.17) is 4.74 Å². The van der Waals surface area contributed by atoms with Gasteiger partial charge in [0, 0.05) is 31.1 Å². The predicted molar refractivity (Wildman–Crippen MR) is 118 cm³/mol. The van der Waals surface area contributed by atoms with Crippen molar-refractivity contribution in [2.75, 3.05) is 18.4 Å². The Balaban J connectivity index is 1.48. The average molecular weight is 443 g/mol. The molecule has 10 heteroatoms.